The Balaban J connectivity index is 1.62. The Labute approximate surface area is 201 Å². The molecular weight excluding hydrogens is 426 g/mol. The highest BCUT2D eigenvalue weighted by Gasteiger charge is 2.51. The van der Waals surface area contributed by atoms with Crippen LogP contribution in [0.3, 0.4) is 0 Å². The molecule has 4 rings (SSSR count). The smallest absolute Gasteiger partial charge is 0.305 e. The van der Waals surface area contributed by atoms with Gasteiger partial charge in [0.2, 0.25) is 5.91 Å². The Bertz CT molecular complexity index is 1080. The zero-order valence-electron chi connectivity index (χ0n) is 20.0. The molecule has 1 aliphatic rings. The van der Waals surface area contributed by atoms with Crippen molar-refractivity contribution in [3.8, 4) is 0 Å². The maximum atomic E-state index is 13.3. The number of nitrogens with zero attached hydrogens (tertiary/aromatic N) is 2. The van der Waals surface area contributed by atoms with Gasteiger partial charge >= 0.3 is 5.97 Å². The Hall–Kier alpha value is -3.41. The van der Waals surface area contributed by atoms with Gasteiger partial charge in [-0.2, -0.15) is 0 Å². The molecule has 1 saturated carbocycles. The molecule has 1 amide bonds. The van der Waals surface area contributed by atoms with E-state index in [1.807, 2.05) is 60.7 Å². The Morgan fingerprint density at radius 2 is 1.68 bits per heavy atom. The first-order chi connectivity index (χ1) is 16.5. The quantitative estimate of drug-likeness (QED) is 0.389. The van der Waals surface area contributed by atoms with Crippen LogP contribution < -0.4 is 10.3 Å². The molecule has 0 aliphatic heterocycles. The van der Waals surface area contributed by atoms with Gasteiger partial charge in [0.1, 0.15) is 23.9 Å². The number of ether oxygens (including phenoxy) is 1. The Kier molecular flexibility index (Phi) is 7.15. The second kappa shape index (κ2) is 10.2. The predicted octanol–water partition coefficient (Wildman–Crippen LogP) is 3.85. The molecule has 178 valence electrons. The summed E-state index contributed by atoms with van der Waals surface area (Å²) >= 11 is 0. The van der Waals surface area contributed by atoms with E-state index >= 15 is 0 Å². The van der Waals surface area contributed by atoms with Crippen LogP contribution in [0.5, 0.6) is 0 Å². The van der Waals surface area contributed by atoms with E-state index in [0.717, 1.165) is 49.2 Å². The molecule has 0 bridgehead atoms. The lowest BCUT2D eigenvalue weighted by molar-refractivity contribution is -0.702. The molecule has 2 atom stereocenters. The van der Waals surface area contributed by atoms with Crippen molar-refractivity contribution >= 4 is 11.9 Å². The number of carbonyl (C=O) groups excluding carboxylic acids is 2. The number of amides is 1. The fourth-order valence-electron chi connectivity index (χ4n) is 5.76. The molecule has 2 unspecified atom stereocenters. The van der Waals surface area contributed by atoms with Crippen molar-refractivity contribution in [3.63, 3.8) is 0 Å². The van der Waals surface area contributed by atoms with Crippen LogP contribution in [-0.2, 0) is 26.3 Å². The van der Waals surface area contributed by atoms with Gasteiger partial charge in [0.25, 0.3) is 5.82 Å². The minimum absolute atomic E-state index is 0.0920. The summed E-state index contributed by atoms with van der Waals surface area (Å²) in [5.74, 6) is 0.771. The zero-order chi connectivity index (χ0) is 24.1. The van der Waals surface area contributed by atoms with Gasteiger partial charge in [-0.1, -0.05) is 60.7 Å². The predicted molar refractivity (Wildman–Crippen MR) is 130 cm³/mol. The lowest BCUT2D eigenvalue weighted by atomic mass is 9.64. The van der Waals surface area contributed by atoms with E-state index in [9.17, 15) is 9.59 Å². The molecule has 2 aromatic carbocycles. The lowest BCUT2D eigenvalue weighted by Crippen LogP contribution is -2.47. The highest BCUT2D eigenvalue weighted by Crippen LogP contribution is 2.49. The summed E-state index contributed by atoms with van der Waals surface area (Å²) < 4.78 is 9.26. The van der Waals surface area contributed by atoms with Gasteiger partial charge in [0.05, 0.1) is 13.7 Å². The summed E-state index contributed by atoms with van der Waals surface area (Å²) in [6.07, 6.45) is 8.11. The number of imidazole rings is 1. The highest BCUT2D eigenvalue weighted by molar-refractivity contribution is 5.91. The van der Waals surface area contributed by atoms with Crippen LogP contribution in [0.25, 0.3) is 0 Å². The summed E-state index contributed by atoms with van der Waals surface area (Å²) in [5.41, 5.74) is 7.29. The number of hydrogen-bond acceptors (Lipinski definition) is 3. The standard InChI is InChI=1S/C28H33N3O3/c1-21-30(17-9-14-26(32)34-2)18-19-31(21)25-16-15-24(20-25)28(27(29)33,22-10-5-3-6-11-22)23-12-7-4-8-13-23/h3-8,10-13,18-19,24-25H,9,14-17,20H2,1-2H3,(H-,29,33)/p+1. The van der Waals surface area contributed by atoms with Crippen LogP contribution in [0, 0.1) is 12.8 Å². The number of aromatic nitrogens is 2. The van der Waals surface area contributed by atoms with Crippen LogP contribution in [0.4, 0.5) is 0 Å². The molecule has 1 fully saturated rings. The number of carbonyl (C=O) groups is 2. The summed E-state index contributed by atoms with van der Waals surface area (Å²) in [7, 11) is 1.42. The minimum Gasteiger partial charge on any atom is -0.469 e. The second-order valence-electron chi connectivity index (χ2n) is 9.19. The zero-order valence-corrected chi connectivity index (χ0v) is 20.0. The topological polar surface area (TPSA) is 78.2 Å². The average Bonchev–Trinajstić information content (AvgIpc) is 3.48. The summed E-state index contributed by atoms with van der Waals surface area (Å²) in [6, 6.07) is 20.3. The van der Waals surface area contributed by atoms with Gasteiger partial charge in [-0.15, -0.1) is 0 Å². The molecule has 0 saturated heterocycles. The van der Waals surface area contributed by atoms with Crippen LogP contribution in [-0.4, -0.2) is 23.6 Å². The minimum atomic E-state index is -0.866. The third-order valence-electron chi connectivity index (χ3n) is 7.46. The average molecular weight is 461 g/mol. The summed E-state index contributed by atoms with van der Waals surface area (Å²) in [6.45, 7) is 2.88. The number of hydrogen-bond donors (Lipinski definition) is 1. The van der Waals surface area contributed by atoms with Crippen molar-refractivity contribution in [2.45, 2.75) is 57.0 Å². The third kappa shape index (κ3) is 4.37. The van der Waals surface area contributed by atoms with Crippen LogP contribution in [0.1, 0.15) is 55.1 Å². The van der Waals surface area contributed by atoms with E-state index in [1.54, 1.807) is 0 Å². The Morgan fingerprint density at radius 1 is 1.06 bits per heavy atom. The highest BCUT2D eigenvalue weighted by atomic mass is 16.5. The molecular formula is C28H34N3O3+. The number of rotatable bonds is 9. The number of esters is 1. The van der Waals surface area contributed by atoms with Crippen molar-refractivity contribution in [1.29, 1.82) is 0 Å². The van der Waals surface area contributed by atoms with Gasteiger partial charge in [-0.05, 0) is 42.7 Å². The summed E-state index contributed by atoms with van der Waals surface area (Å²) in [5, 5.41) is 0. The molecule has 0 radical (unpaired) electrons. The first-order valence-corrected chi connectivity index (χ1v) is 12.0. The van der Waals surface area contributed by atoms with Crippen molar-refractivity contribution in [3.05, 3.63) is 90.0 Å². The fourth-order valence-corrected chi connectivity index (χ4v) is 5.76. The van der Waals surface area contributed by atoms with Crippen molar-refractivity contribution in [1.82, 2.24) is 4.57 Å². The number of nitrogens with two attached hydrogens (primary N) is 1. The maximum absolute atomic E-state index is 13.3. The van der Waals surface area contributed by atoms with Crippen LogP contribution in [0.15, 0.2) is 73.1 Å². The van der Waals surface area contributed by atoms with E-state index < -0.39 is 5.41 Å². The molecule has 6 heteroatoms. The molecule has 2 N–H and O–H groups in total. The molecule has 34 heavy (non-hydrogen) atoms. The van der Waals surface area contributed by atoms with Crippen molar-refractivity contribution in [2.24, 2.45) is 11.7 Å². The van der Waals surface area contributed by atoms with Gasteiger partial charge in [0, 0.05) is 13.3 Å². The molecule has 6 nitrogen and oxygen atoms in total. The van der Waals surface area contributed by atoms with E-state index in [0.29, 0.717) is 6.42 Å². The third-order valence-corrected chi connectivity index (χ3v) is 7.46. The van der Waals surface area contributed by atoms with Crippen LogP contribution >= 0.6 is 0 Å². The second-order valence-corrected chi connectivity index (χ2v) is 9.19. The van der Waals surface area contributed by atoms with Crippen molar-refractivity contribution < 1.29 is 18.9 Å². The first-order valence-electron chi connectivity index (χ1n) is 12.0. The summed E-state index contributed by atoms with van der Waals surface area (Å²) in [4.78, 5) is 24.7. The molecule has 3 aromatic rings. The number of benzene rings is 2. The molecule has 1 aromatic heterocycles. The number of aryl methyl sites for hydroxylation is 1. The lowest BCUT2D eigenvalue weighted by Gasteiger charge is -2.37. The van der Waals surface area contributed by atoms with Crippen LogP contribution in [0.2, 0.25) is 0 Å². The Morgan fingerprint density at radius 3 is 2.24 bits per heavy atom. The first kappa shape index (κ1) is 23.7. The van der Waals surface area contributed by atoms with E-state index in [4.69, 9.17) is 10.5 Å². The number of primary amides is 1. The largest absolute Gasteiger partial charge is 0.469 e. The maximum Gasteiger partial charge on any atom is 0.305 e. The fraction of sp³-hybridized carbons (Fsp3) is 0.393. The molecule has 0 spiro atoms. The van der Waals surface area contributed by atoms with Crippen molar-refractivity contribution in [2.75, 3.05) is 7.11 Å². The van der Waals surface area contributed by atoms with Gasteiger partial charge < -0.3 is 10.5 Å². The van der Waals surface area contributed by atoms with E-state index in [-0.39, 0.29) is 23.8 Å². The van der Waals surface area contributed by atoms with E-state index in [2.05, 4.69) is 28.5 Å². The van der Waals surface area contributed by atoms with Gasteiger partial charge in [-0.3, -0.25) is 9.59 Å². The van der Waals surface area contributed by atoms with E-state index in [1.165, 1.54) is 7.11 Å². The van der Waals surface area contributed by atoms with Gasteiger partial charge in [-0.25, -0.2) is 9.13 Å². The monoisotopic (exact) mass is 460 g/mol. The SMILES string of the molecule is COC(=O)CCC[n+]1ccn(C2CCC(C(C(N)=O)(c3ccccc3)c3ccccc3)C2)c1C. The van der Waals surface area contributed by atoms with Gasteiger partial charge in [0.15, 0.2) is 0 Å². The number of methoxy groups -OCH3 is 1. The molecule has 1 aliphatic carbocycles. The molecule has 1 heterocycles. The normalized spacial score (nSPS) is 18.1.